The lowest BCUT2D eigenvalue weighted by atomic mass is 9.79. The molecule has 29 heavy (non-hydrogen) atoms. The van der Waals surface area contributed by atoms with Gasteiger partial charge in [-0.3, -0.25) is 14.6 Å². The van der Waals surface area contributed by atoms with E-state index in [1.807, 2.05) is 24.3 Å². The smallest absolute Gasteiger partial charge is 0.253 e. The molecule has 3 saturated heterocycles. The number of nitrogens with zero attached hydrogens (tertiary/aromatic N) is 3. The fourth-order valence-corrected chi connectivity index (χ4v) is 5.96. The van der Waals surface area contributed by atoms with E-state index in [9.17, 15) is 4.79 Å². The number of carbonyl (C=O) groups excluding carboxylic acids is 1. The first-order valence-corrected chi connectivity index (χ1v) is 11.2. The summed E-state index contributed by atoms with van der Waals surface area (Å²) in [6.07, 6.45) is 6.83. The first-order chi connectivity index (χ1) is 14.2. The van der Waals surface area contributed by atoms with E-state index in [1.165, 1.54) is 32.1 Å². The van der Waals surface area contributed by atoms with E-state index in [0.717, 1.165) is 63.3 Å². The van der Waals surface area contributed by atoms with E-state index in [2.05, 4.69) is 14.7 Å². The van der Waals surface area contributed by atoms with Crippen LogP contribution in [0.4, 0.5) is 0 Å². The molecule has 1 amide bonds. The molecule has 1 spiro atoms. The SMILES string of the molecule is COc1ccc(C(=O)N2C[C@@H]3COCCN3C3(C2)CN(C2CCCCC2)C3)cc1. The number of hydrogen-bond donors (Lipinski definition) is 0. The summed E-state index contributed by atoms with van der Waals surface area (Å²) in [6, 6.07) is 8.57. The molecule has 3 aliphatic heterocycles. The number of carbonyl (C=O) groups is 1. The first kappa shape index (κ1) is 19.3. The molecule has 1 aromatic rings. The van der Waals surface area contributed by atoms with Crippen LogP contribution in [0.5, 0.6) is 5.75 Å². The molecule has 5 rings (SSSR count). The van der Waals surface area contributed by atoms with E-state index in [4.69, 9.17) is 9.47 Å². The summed E-state index contributed by atoms with van der Waals surface area (Å²) in [5.41, 5.74) is 0.848. The minimum atomic E-state index is 0.103. The first-order valence-electron chi connectivity index (χ1n) is 11.2. The Balaban J connectivity index is 1.33. The van der Waals surface area contributed by atoms with Crippen LogP contribution in [0.15, 0.2) is 24.3 Å². The number of rotatable bonds is 3. The number of morpholine rings is 1. The molecule has 6 heteroatoms. The van der Waals surface area contributed by atoms with E-state index in [0.29, 0.717) is 6.04 Å². The van der Waals surface area contributed by atoms with Crippen molar-refractivity contribution in [2.75, 3.05) is 53.0 Å². The molecular weight excluding hydrogens is 366 g/mol. The summed E-state index contributed by atoms with van der Waals surface area (Å²) < 4.78 is 11.0. The van der Waals surface area contributed by atoms with E-state index in [1.54, 1.807) is 7.11 Å². The topological polar surface area (TPSA) is 45.2 Å². The van der Waals surface area contributed by atoms with Crippen LogP contribution in [0, 0.1) is 0 Å². The number of fused-ring (bicyclic) bond motifs is 2. The van der Waals surface area contributed by atoms with Gasteiger partial charge in [0.2, 0.25) is 0 Å². The highest BCUT2D eigenvalue weighted by Gasteiger charge is 2.55. The van der Waals surface area contributed by atoms with Crippen LogP contribution in [0.3, 0.4) is 0 Å². The molecular formula is C23H33N3O3. The summed E-state index contributed by atoms with van der Waals surface area (Å²) in [5.74, 6) is 0.916. The maximum atomic E-state index is 13.3. The predicted molar refractivity (Wildman–Crippen MR) is 111 cm³/mol. The zero-order valence-corrected chi connectivity index (χ0v) is 17.5. The minimum Gasteiger partial charge on any atom is -0.497 e. The van der Waals surface area contributed by atoms with Crippen molar-refractivity contribution in [1.29, 1.82) is 0 Å². The van der Waals surface area contributed by atoms with Crippen molar-refractivity contribution < 1.29 is 14.3 Å². The third kappa shape index (κ3) is 3.56. The van der Waals surface area contributed by atoms with Crippen molar-refractivity contribution >= 4 is 5.91 Å². The van der Waals surface area contributed by atoms with Gasteiger partial charge in [0.25, 0.3) is 5.91 Å². The van der Waals surface area contributed by atoms with E-state index < -0.39 is 0 Å². The van der Waals surface area contributed by atoms with Gasteiger partial charge in [-0.25, -0.2) is 0 Å². The second-order valence-corrected chi connectivity index (χ2v) is 9.26. The summed E-state index contributed by atoms with van der Waals surface area (Å²) >= 11 is 0. The van der Waals surface area contributed by atoms with Gasteiger partial charge in [-0.1, -0.05) is 19.3 Å². The zero-order chi connectivity index (χ0) is 19.8. The molecule has 1 atom stereocenters. The Kier molecular flexibility index (Phi) is 5.26. The number of ether oxygens (including phenoxy) is 2. The highest BCUT2D eigenvalue weighted by atomic mass is 16.5. The van der Waals surface area contributed by atoms with Gasteiger partial charge in [-0.15, -0.1) is 0 Å². The highest BCUT2D eigenvalue weighted by Crippen LogP contribution is 2.39. The molecule has 1 aromatic carbocycles. The Morgan fingerprint density at radius 1 is 1.07 bits per heavy atom. The van der Waals surface area contributed by atoms with Crippen molar-refractivity contribution in [1.82, 2.24) is 14.7 Å². The number of hydrogen-bond acceptors (Lipinski definition) is 5. The molecule has 1 aliphatic carbocycles. The average Bonchev–Trinajstić information content (AvgIpc) is 2.77. The normalized spacial score (nSPS) is 28.0. The summed E-state index contributed by atoms with van der Waals surface area (Å²) in [4.78, 5) is 20.7. The van der Waals surface area contributed by atoms with E-state index >= 15 is 0 Å². The van der Waals surface area contributed by atoms with Crippen LogP contribution in [-0.4, -0.2) is 91.3 Å². The average molecular weight is 400 g/mol. The van der Waals surface area contributed by atoms with Gasteiger partial charge in [-0.2, -0.15) is 0 Å². The van der Waals surface area contributed by atoms with Gasteiger partial charge in [0.15, 0.2) is 0 Å². The Morgan fingerprint density at radius 2 is 1.83 bits per heavy atom. The quantitative estimate of drug-likeness (QED) is 0.780. The number of likely N-dealkylation sites (tertiary alicyclic amines) is 1. The zero-order valence-electron chi connectivity index (χ0n) is 17.5. The van der Waals surface area contributed by atoms with Crippen LogP contribution in [-0.2, 0) is 4.74 Å². The molecule has 6 nitrogen and oxygen atoms in total. The van der Waals surface area contributed by atoms with Crippen molar-refractivity contribution in [2.45, 2.75) is 49.7 Å². The van der Waals surface area contributed by atoms with Crippen LogP contribution in [0.25, 0.3) is 0 Å². The van der Waals surface area contributed by atoms with Crippen LogP contribution >= 0.6 is 0 Å². The molecule has 4 aliphatic rings. The molecule has 0 aromatic heterocycles. The van der Waals surface area contributed by atoms with Crippen molar-refractivity contribution in [3.05, 3.63) is 29.8 Å². The van der Waals surface area contributed by atoms with Gasteiger partial charge in [-0.05, 0) is 37.1 Å². The van der Waals surface area contributed by atoms with Gasteiger partial charge >= 0.3 is 0 Å². The second-order valence-electron chi connectivity index (χ2n) is 9.26. The second kappa shape index (κ2) is 7.89. The number of methoxy groups -OCH3 is 1. The number of amides is 1. The van der Waals surface area contributed by atoms with Gasteiger partial charge in [0, 0.05) is 44.3 Å². The molecule has 0 radical (unpaired) electrons. The lowest BCUT2D eigenvalue weighted by molar-refractivity contribution is -0.168. The Morgan fingerprint density at radius 3 is 2.55 bits per heavy atom. The Labute approximate surface area is 173 Å². The molecule has 0 N–H and O–H groups in total. The molecule has 4 fully saturated rings. The van der Waals surface area contributed by atoms with Crippen molar-refractivity contribution in [2.24, 2.45) is 0 Å². The minimum absolute atomic E-state index is 0.103. The number of piperazine rings is 1. The maximum Gasteiger partial charge on any atom is 0.253 e. The summed E-state index contributed by atoms with van der Waals surface area (Å²) in [7, 11) is 1.65. The lowest BCUT2D eigenvalue weighted by Gasteiger charge is -2.64. The number of benzene rings is 1. The van der Waals surface area contributed by atoms with Gasteiger partial charge < -0.3 is 14.4 Å². The monoisotopic (exact) mass is 399 g/mol. The third-order valence-corrected chi connectivity index (χ3v) is 7.46. The molecule has 1 saturated carbocycles. The standard InChI is InChI=1S/C23H33N3O3/c1-28-21-9-7-18(8-10-21)22(27)24-13-20-14-29-12-11-26(20)23(15-24)16-25(17-23)19-5-3-2-4-6-19/h7-10,19-20H,2-6,11-17H2,1H3/t20-/m1/s1. The molecule has 3 heterocycles. The molecule has 0 bridgehead atoms. The van der Waals surface area contributed by atoms with Crippen LogP contribution < -0.4 is 4.74 Å². The summed E-state index contributed by atoms with van der Waals surface area (Å²) in [6.45, 7) is 6.33. The fourth-order valence-electron chi connectivity index (χ4n) is 5.96. The van der Waals surface area contributed by atoms with Crippen LogP contribution in [0.1, 0.15) is 42.5 Å². The highest BCUT2D eigenvalue weighted by molar-refractivity contribution is 5.94. The Hall–Kier alpha value is -1.63. The Bertz CT molecular complexity index is 725. The molecule has 158 valence electrons. The van der Waals surface area contributed by atoms with E-state index in [-0.39, 0.29) is 11.4 Å². The van der Waals surface area contributed by atoms with Gasteiger partial charge in [0.05, 0.1) is 31.9 Å². The lowest BCUT2D eigenvalue weighted by Crippen LogP contribution is -2.81. The van der Waals surface area contributed by atoms with Crippen LogP contribution in [0.2, 0.25) is 0 Å². The summed E-state index contributed by atoms with van der Waals surface area (Å²) in [5, 5.41) is 0. The molecule has 0 unspecified atom stereocenters. The van der Waals surface area contributed by atoms with Crippen molar-refractivity contribution in [3.8, 4) is 5.75 Å². The van der Waals surface area contributed by atoms with Crippen molar-refractivity contribution in [3.63, 3.8) is 0 Å². The largest absolute Gasteiger partial charge is 0.497 e. The third-order valence-electron chi connectivity index (χ3n) is 7.46. The fraction of sp³-hybridized carbons (Fsp3) is 0.696. The predicted octanol–water partition coefficient (Wildman–Crippen LogP) is 2.24. The maximum absolute atomic E-state index is 13.3. The van der Waals surface area contributed by atoms with Gasteiger partial charge in [0.1, 0.15) is 5.75 Å².